The van der Waals surface area contributed by atoms with Gasteiger partial charge in [0.15, 0.2) is 6.61 Å². The average Bonchev–Trinajstić information content (AvgIpc) is 2.92. The first kappa shape index (κ1) is 16.8. The van der Waals surface area contributed by atoms with Gasteiger partial charge in [-0.15, -0.1) is 0 Å². The number of phenolic OH excluding ortho intramolecular Hbond substituents is 1. The maximum Gasteiger partial charge on any atom is 0.344 e. The van der Waals surface area contributed by atoms with E-state index in [0.717, 1.165) is 16.5 Å². The minimum absolute atomic E-state index is 0.133. The molecule has 1 unspecified atom stereocenters. The van der Waals surface area contributed by atoms with E-state index in [-0.39, 0.29) is 12.2 Å². The molecule has 23 heavy (non-hydrogen) atoms. The van der Waals surface area contributed by atoms with Crippen molar-refractivity contribution in [1.29, 1.82) is 0 Å². The standard InChI is InChI=1S/C16H20N2O5/c1-2-5-22-15(20)9-23-16(21)13(17)6-10-8-18-14-4-3-11(19)7-12(10)14/h3-4,7-8,13,18-19H,2,5-6,9,17H2,1H3. The lowest BCUT2D eigenvalue weighted by Gasteiger charge is -2.11. The van der Waals surface area contributed by atoms with Gasteiger partial charge in [-0.1, -0.05) is 6.92 Å². The molecule has 0 fully saturated rings. The van der Waals surface area contributed by atoms with Gasteiger partial charge in [0.05, 0.1) is 6.61 Å². The van der Waals surface area contributed by atoms with Crippen LogP contribution in [-0.4, -0.2) is 41.3 Å². The predicted molar refractivity (Wildman–Crippen MR) is 83.9 cm³/mol. The minimum atomic E-state index is -0.907. The van der Waals surface area contributed by atoms with E-state index in [1.807, 2.05) is 6.92 Å². The normalized spacial score (nSPS) is 12.1. The zero-order chi connectivity index (χ0) is 16.8. The summed E-state index contributed by atoms with van der Waals surface area (Å²) in [5.74, 6) is -1.13. The van der Waals surface area contributed by atoms with Crippen molar-refractivity contribution in [3.8, 4) is 5.75 Å². The van der Waals surface area contributed by atoms with Crippen LogP contribution in [0.4, 0.5) is 0 Å². The van der Waals surface area contributed by atoms with Gasteiger partial charge in [-0.05, 0) is 30.2 Å². The molecule has 1 atom stereocenters. The SMILES string of the molecule is CCCOC(=O)COC(=O)C(N)Cc1c[nH]c2ccc(O)cc12. The number of phenols is 1. The zero-order valence-corrected chi connectivity index (χ0v) is 12.9. The Kier molecular flexibility index (Phi) is 5.59. The summed E-state index contributed by atoms with van der Waals surface area (Å²) in [5.41, 5.74) is 7.44. The van der Waals surface area contributed by atoms with Gasteiger partial charge in [0.25, 0.3) is 0 Å². The number of aromatic amines is 1. The number of hydrogen-bond donors (Lipinski definition) is 3. The molecular weight excluding hydrogens is 300 g/mol. The van der Waals surface area contributed by atoms with Crippen LogP contribution in [0.1, 0.15) is 18.9 Å². The molecule has 7 heteroatoms. The van der Waals surface area contributed by atoms with Gasteiger partial charge in [-0.2, -0.15) is 0 Å². The molecule has 0 aliphatic carbocycles. The second-order valence-corrected chi connectivity index (χ2v) is 5.18. The van der Waals surface area contributed by atoms with E-state index in [1.54, 1.807) is 24.4 Å². The lowest BCUT2D eigenvalue weighted by molar-refractivity contribution is -0.159. The van der Waals surface area contributed by atoms with Crippen LogP contribution in [0.2, 0.25) is 0 Å². The molecule has 0 amide bonds. The Morgan fingerprint density at radius 3 is 2.87 bits per heavy atom. The second kappa shape index (κ2) is 7.64. The summed E-state index contributed by atoms with van der Waals surface area (Å²) >= 11 is 0. The van der Waals surface area contributed by atoms with E-state index in [1.165, 1.54) is 0 Å². The molecule has 0 aliphatic rings. The Morgan fingerprint density at radius 2 is 2.13 bits per heavy atom. The number of carbonyl (C=O) groups is 2. The number of ether oxygens (including phenoxy) is 2. The van der Waals surface area contributed by atoms with E-state index in [4.69, 9.17) is 15.2 Å². The first-order chi connectivity index (χ1) is 11.0. The third-order valence-corrected chi connectivity index (χ3v) is 3.29. The van der Waals surface area contributed by atoms with Crippen LogP contribution < -0.4 is 5.73 Å². The number of aromatic nitrogens is 1. The maximum absolute atomic E-state index is 11.8. The van der Waals surface area contributed by atoms with Crippen molar-refractivity contribution in [3.63, 3.8) is 0 Å². The number of rotatable bonds is 7. The lowest BCUT2D eigenvalue weighted by atomic mass is 10.1. The van der Waals surface area contributed by atoms with Gasteiger partial charge in [-0.25, -0.2) is 4.79 Å². The van der Waals surface area contributed by atoms with Crippen LogP contribution in [0.5, 0.6) is 5.75 Å². The Balaban J connectivity index is 1.92. The van der Waals surface area contributed by atoms with Crippen molar-refractivity contribution in [1.82, 2.24) is 4.98 Å². The summed E-state index contributed by atoms with van der Waals surface area (Å²) in [5, 5.41) is 10.3. The van der Waals surface area contributed by atoms with E-state index < -0.39 is 24.6 Å². The van der Waals surface area contributed by atoms with Gasteiger partial charge in [0.2, 0.25) is 0 Å². The summed E-state index contributed by atoms with van der Waals surface area (Å²) in [6.45, 7) is 1.72. The first-order valence-corrected chi connectivity index (χ1v) is 7.38. The molecule has 0 aliphatic heterocycles. The molecule has 124 valence electrons. The minimum Gasteiger partial charge on any atom is -0.508 e. The highest BCUT2D eigenvalue weighted by molar-refractivity contribution is 5.86. The van der Waals surface area contributed by atoms with Crippen LogP contribution in [0.25, 0.3) is 10.9 Å². The number of fused-ring (bicyclic) bond motifs is 1. The van der Waals surface area contributed by atoms with Crippen molar-refractivity contribution in [2.45, 2.75) is 25.8 Å². The molecule has 2 rings (SSSR count). The van der Waals surface area contributed by atoms with Crippen LogP contribution in [0.15, 0.2) is 24.4 Å². The number of aromatic hydroxyl groups is 1. The zero-order valence-electron chi connectivity index (χ0n) is 12.9. The quantitative estimate of drug-likeness (QED) is 0.661. The van der Waals surface area contributed by atoms with Gasteiger partial charge >= 0.3 is 11.9 Å². The highest BCUT2D eigenvalue weighted by Gasteiger charge is 2.19. The van der Waals surface area contributed by atoms with Gasteiger partial charge in [0.1, 0.15) is 11.8 Å². The summed E-state index contributed by atoms with van der Waals surface area (Å²) < 4.78 is 9.66. The Hall–Kier alpha value is -2.54. The van der Waals surface area contributed by atoms with Gasteiger partial charge in [0, 0.05) is 23.5 Å². The third kappa shape index (κ3) is 4.46. The van der Waals surface area contributed by atoms with E-state index in [2.05, 4.69) is 4.98 Å². The average molecular weight is 320 g/mol. The van der Waals surface area contributed by atoms with Crippen LogP contribution in [0.3, 0.4) is 0 Å². The van der Waals surface area contributed by atoms with Crippen LogP contribution >= 0.6 is 0 Å². The van der Waals surface area contributed by atoms with Crippen LogP contribution in [0, 0.1) is 0 Å². The smallest absolute Gasteiger partial charge is 0.344 e. The molecular formula is C16H20N2O5. The highest BCUT2D eigenvalue weighted by atomic mass is 16.6. The van der Waals surface area contributed by atoms with Crippen LogP contribution in [-0.2, 0) is 25.5 Å². The van der Waals surface area contributed by atoms with Gasteiger partial charge < -0.3 is 25.3 Å². The molecule has 0 saturated carbocycles. The molecule has 2 aromatic rings. The summed E-state index contributed by atoms with van der Waals surface area (Å²) in [6.07, 6.45) is 2.66. The molecule has 0 bridgehead atoms. The van der Waals surface area contributed by atoms with Crippen molar-refractivity contribution in [2.75, 3.05) is 13.2 Å². The van der Waals surface area contributed by atoms with E-state index >= 15 is 0 Å². The fourth-order valence-corrected chi connectivity index (χ4v) is 2.15. The molecule has 0 saturated heterocycles. The first-order valence-electron chi connectivity index (χ1n) is 7.38. The number of nitrogens with one attached hydrogen (secondary N) is 1. The largest absolute Gasteiger partial charge is 0.508 e. The molecule has 1 heterocycles. The Morgan fingerprint density at radius 1 is 1.35 bits per heavy atom. The lowest BCUT2D eigenvalue weighted by Crippen LogP contribution is -2.35. The Labute approximate surface area is 133 Å². The molecule has 1 aromatic heterocycles. The molecule has 7 nitrogen and oxygen atoms in total. The fraction of sp³-hybridized carbons (Fsp3) is 0.375. The summed E-state index contributed by atoms with van der Waals surface area (Å²) in [7, 11) is 0. The maximum atomic E-state index is 11.8. The van der Waals surface area contributed by atoms with Crippen molar-refractivity contribution < 1.29 is 24.2 Å². The molecule has 1 aromatic carbocycles. The van der Waals surface area contributed by atoms with Gasteiger partial charge in [-0.3, -0.25) is 4.79 Å². The monoisotopic (exact) mass is 320 g/mol. The third-order valence-electron chi connectivity index (χ3n) is 3.29. The van der Waals surface area contributed by atoms with E-state index in [9.17, 15) is 14.7 Å². The van der Waals surface area contributed by atoms with Crippen molar-refractivity contribution >= 4 is 22.8 Å². The summed E-state index contributed by atoms with van der Waals surface area (Å²) in [4.78, 5) is 26.2. The fourth-order valence-electron chi connectivity index (χ4n) is 2.15. The molecule has 0 radical (unpaired) electrons. The number of nitrogens with two attached hydrogens (primary N) is 1. The molecule has 4 N–H and O–H groups in total. The predicted octanol–water partition coefficient (Wildman–Crippen LogP) is 1.24. The number of benzene rings is 1. The van der Waals surface area contributed by atoms with E-state index in [0.29, 0.717) is 13.0 Å². The summed E-state index contributed by atoms with van der Waals surface area (Å²) in [6, 6.07) is 4.00. The highest BCUT2D eigenvalue weighted by Crippen LogP contribution is 2.23. The number of H-pyrrole nitrogens is 1. The van der Waals surface area contributed by atoms with Crippen molar-refractivity contribution in [3.05, 3.63) is 30.0 Å². The molecule has 0 spiro atoms. The number of hydrogen-bond acceptors (Lipinski definition) is 6. The number of esters is 2. The second-order valence-electron chi connectivity index (χ2n) is 5.18. The number of carbonyl (C=O) groups excluding carboxylic acids is 2. The topological polar surface area (TPSA) is 115 Å². The Bertz CT molecular complexity index is 695. The van der Waals surface area contributed by atoms with Crippen molar-refractivity contribution in [2.24, 2.45) is 5.73 Å².